The van der Waals surface area contributed by atoms with E-state index >= 15 is 0 Å². The van der Waals surface area contributed by atoms with Gasteiger partial charge in [0.15, 0.2) is 0 Å². The molecule has 0 atom stereocenters. The summed E-state index contributed by atoms with van der Waals surface area (Å²) in [6.45, 7) is 6.34. The first-order valence-corrected chi connectivity index (χ1v) is 3.64. The minimum Gasteiger partial charge on any atom is -0.398 e. The Bertz CT molecular complexity index is 178. The molecule has 0 radical (unpaired) electrons. The van der Waals surface area contributed by atoms with E-state index in [4.69, 9.17) is 5.73 Å². The molecule has 0 aliphatic heterocycles. The Hall–Kier alpha value is -1.02. The molecule has 0 saturated heterocycles. The fraction of sp³-hybridized carbons (Fsp3) is 0.333. The lowest BCUT2D eigenvalue weighted by molar-refractivity contribution is 0.880. The molecular weight excluding hydrogens is 136 g/mol. The van der Waals surface area contributed by atoms with Gasteiger partial charge < -0.3 is 11.1 Å². The summed E-state index contributed by atoms with van der Waals surface area (Å²) in [5, 5.41) is 3.03. The molecule has 0 fully saturated rings. The number of nitrogens with two attached hydrogens (primary N) is 1. The number of nitrogens with one attached hydrogen (secondary N) is 1. The first-order valence-electron chi connectivity index (χ1n) is 3.64. The molecule has 0 amide bonds. The lowest BCUT2D eigenvalue weighted by Crippen LogP contribution is -2.15. The maximum atomic E-state index is 5.71. The van der Waals surface area contributed by atoms with E-state index in [9.17, 15) is 0 Å². The molecule has 0 rings (SSSR count). The Balaban J connectivity index is 4.26. The van der Waals surface area contributed by atoms with Gasteiger partial charge in [-0.05, 0) is 25.6 Å². The van der Waals surface area contributed by atoms with Crippen molar-refractivity contribution in [2.75, 3.05) is 13.6 Å². The summed E-state index contributed by atoms with van der Waals surface area (Å²) >= 11 is 0. The van der Waals surface area contributed by atoms with Crippen LogP contribution in [0, 0.1) is 0 Å². The van der Waals surface area contributed by atoms with E-state index in [0.29, 0.717) is 0 Å². The molecule has 0 bridgehead atoms. The second-order valence-corrected chi connectivity index (χ2v) is 2.20. The zero-order valence-electron chi connectivity index (χ0n) is 7.22. The molecule has 0 saturated carbocycles. The smallest absolute Gasteiger partial charge is 0.0356 e. The van der Waals surface area contributed by atoms with E-state index in [2.05, 4.69) is 11.9 Å². The lowest BCUT2D eigenvalue weighted by atomic mass is 10.2. The van der Waals surface area contributed by atoms with E-state index in [1.54, 1.807) is 12.2 Å². The summed E-state index contributed by atoms with van der Waals surface area (Å²) in [6.07, 6.45) is 5.48. The molecular formula is C9H16N2. The number of hydrogen-bond acceptors (Lipinski definition) is 2. The SMILES string of the molecule is C=C/C=C(N)\C(=C/C)CNC. The third-order valence-electron chi connectivity index (χ3n) is 1.38. The quantitative estimate of drug-likeness (QED) is 0.594. The molecule has 0 aromatic rings. The Morgan fingerprint density at radius 2 is 2.27 bits per heavy atom. The summed E-state index contributed by atoms with van der Waals surface area (Å²) in [6, 6.07) is 0. The van der Waals surface area contributed by atoms with Gasteiger partial charge in [-0.25, -0.2) is 0 Å². The molecule has 0 aliphatic carbocycles. The van der Waals surface area contributed by atoms with Crippen LogP contribution in [0.4, 0.5) is 0 Å². The van der Waals surface area contributed by atoms with Gasteiger partial charge in [0, 0.05) is 12.2 Å². The largest absolute Gasteiger partial charge is 0.398 e. The van der Waals surface area contributed by atoms with Crippen molar-refractivity contribution in [3.8, 4) is 0 Å². The first kappa shape index (κ1) is 9.98. The van der Waals surface area contributed by atoms with Crippen molar-refractivity contribution < 1.29 is 0 Å². The zero-order valence-corrected chi connectivity index (χ0v) is 7.22. The topological polar surface area (TPSA) is 38.0 Å². The van der Waals surface area contributed by atoms with Crippen LogP contribution >= 0.6 is 0 Å². The van der Waals surface area contributed by atoms with E-state index in [1.165, 1.54) is 0 Å². The van der Waals surface area contributed by atoms with Crippen LogP contribution in [0.1, 0.15) is 6.92 Å². The van der Waals surface area contributed by atoms with Crippen molar-refractivity contribution in [2.24, 2.45) is 5.73 Å². The van der Waals surface area contributed by atoms with E-state index in [1.807, 2.05) is 20.0 Å². The Labute approximate surface area is 68.5 Å². The van der Waals surface area contributed by atoms with E-state index < -0.39 is 0 Å². The molecule has 0 unspecified atom stereocenters. The minimum atomic E-state index is 0.775. The van der Waals surface area contributed by atoms with Gasteiger partial charge in [-0.2, -0.15) is 0 Å². The fourth-order valence-corrected chi connectivity index (χ4v) is 0.795. The highest BCUT2D eigenvalue weighted by molar-refractivity contribution is 5.31. The number of allylic oxidation sites excluding steroid dienone is 3. The third kappa shape index (κ3) is 3.63. The molecule has 0 aromatic carbocycles. The molecule has 62 valence electrons. The van der Waals surface area contributed by atoms with Gasteiger partial charge in [0.1, 0.15) is 0 Å². The summed E-state index contributed by atoms with van der Waals surface area (Å²) in [5.41, 5.74) is 7.59. The third-order valence-corrected chi connectivity index (χ3v) is 1.38. The van der Waals surface area contributed by atoms with Gasteiger partial charge >= 0.3 is 0 Å². The van der Waals surface area contributed by atoms with Crippen molar-refractivity contribution in [1.82, 2.24) is 5.32 Å². The minimum absolute atomic E-state index is 0.775. The van der Waals surface area contributed by atoms with Crippen LogP contribution in [-0.2, 0) is 0 Å². The van der Waals surface area contributed by atoms with E-state index in [0.717, 1.165) is 17.8 Å². The van der Waals surface area contributed by atoms with Crippen molar-refractivity contribution in [3.05, 3.63) is 36.1 Å². The normalized spacial score (nSPS) is 13.3. The number of rotatable bonds is 4. The van der Waals surface area contributed by atoms with E-state index in [-0.39, 0.29) is 0 Å². The van der Waals surface area contributed by atoms with Crippen LogP contribution in [0.5, 0.6) is 0 Å². The standard InChI is InChI=1S/C9H16N2/c1-4-6-9(10)8(5-2)7-11-3/h4-6,11H,1,7,10H2,2-3H3/b8-5-,9-6+. The predicted octanol–water partition coefficient (Wildman–Crippen LogP) is 1.18. The second kappa shape index (κ2) is 5.74. The molecule has 0 spiro atoms. The van der Waals surface area contributed by atoms with Gasteiger partial charge in [0.25, 0.3) is 0 Å². The van der Waals surface area contributed by atoms with Crippen LogP contribution in [0.25, 0.3) is 0 Å². The maximum absolute atomic E-state index is 5.71. The van der Waals surface area contributed by atoms with Crippen molar-refractivity contribution in [1.29, 1.82) is 0 Å². The maximum Gasteiger partial charge on any atom is 0.0356 e. The lowest BCUT2D eigenvalue weighted by Gasteiger charge is -2.04. The van der Waals surface area contributed by atoms with Gasteiger partial charge in [0.2, 0.25) is 0 Å². The molecule has 11 heavy (non-hydrogen) atoms. The Kier molecular flexibility index (Phi) is 5.21. The summed E-state index contributed by atoms with van der Waals surface area (Å²) in [4.78, 5) is 0. The Morgan fingerprint density at radius 1 is 1.64 bits per heavy atom. The summed E-state index contributed by atoms with van der Waals surface area (Å²) < 4.78 is 0. The van der Waals surface area contributed by atoms with Gasteiger partial charge in [0.05, 0.1) is 0 Å². The Morgan fingerprint density at radius 3 is 2.64 bits per heavy atom. The van der Waals surface area contributed by atoms with Crippen LogP contribution in [0.2, 0.25) is 0 Å². The van der Waals surface area contributed by atoms with Crippen LogP contribution < -0.4 is 11.1 Å². The predicted molar refractivity (Wildman–Crippen MR) is 50.2 cm³/mol. The second-order valence-electron chi connectivity index (χ2n) is 2.20. The molecule has 0 aliphatic rings. The molecule has 3 N–H and O–H groups in total. The average molecular weight is 152 g/mol. The first-order chi connectivity index (χ1) is 5.26. The zero-order chi connectivity index (χ0) is 8.69. The fourth-order valence-electron chi connectivity index (χ4n) is 0.795. The average Bonchev–Trinajstić information content (AvgIpc) is 2.00. The van der Waals surface area contributed by atoms with Crippen molar-refractivity contribution in [3.63, 3.8) is 0 Å². The summed E-state index contributed by atoms with van der Waals surface area (Å²) in [7, 11) is 1.89. The van der Waals surface area contributed by atoms with Gasteiger partial charge in [-0.3, -0.25) is 0 Å². The molecule has 2 heteroatoms. The molecule has 0 heterocycles. The summed E-state index contributed by atoms with van der Waals surface area (Å²) in [5.74, 6) is 0. The van der Waals surface area contributed by atoms with Crippen molar-refractivity contribution in [2.45, 2.75) is 6.92 Å². The highest BCUT2D eigenvalue weighted by atomic mass is 14.8. The highest BCUT2D eigenvalue weighted by Crippen LogP contribution is 2.01. The molecule has 0 aromatic heterocycles. The number of hydrogen-bond donors (Lipinski definition) is 2. The number of likely N-dealkylation sites (N-methyl/N-ethyl adjacent to an activating group) is 1. The van der Waals surface area contributed by atoms with Crippen LogP contribution in [0.3, 0.4) is 0 Å². The van der Waals surface area contributed by atoms with Crippen molar-refractivity contribution >= 4 is 0 Å². The monoisotopic (exact) mass is 152 g/mol. The van der Waals surface area contributed by atoms with Crippen LogP contribution in [0.15, 0.2) is 36.1 Å². The highest BCUT2D eigenvalue weighted by Gasteiger charge is 1.95. The molecule has 2 nitrogen and oxygen atoms in total. The van der Waals surface area contributed by atoms with Gasteiger partial charge in [-0.1, -0.05) is 18.7 Å². The van der Waals surface area contributed by atoms with Crippen LogP contribution in [-0.4, -0.2) is 13.6 Å². The van der Waals surface area contributed by atoms with Gasteiger partial charge in [-0.15, -0.1) is 0 Å².